The number of benzene rings is 2. The molecule has 2 amide bonds. The van der Waals surface area contributed by atoms with Crippen LogP contribution in [0.25, 0.3) is 33.4 Å². The van der Waals surface area contributed by atoms with Crippen LogP contribution in [-0.4, -0.2) is 92.4 Å². The summed E-state index contributed by atoms with van der Waals surface area (Å²) in [5.41, 5.74) is 4.09. The van der Waals surface area contributed by atoms with E-state index in [1.54, 1.807) is 17.3 Å². The first-order valence-corrected chi connectivity index (χ1v) is 16.8. The lowest BCUT2D eigenvalue weighted by Crippen LogP contribution is -2.50. The lowest BCUT2D eigenvalue weighted by Gasteiger charge is -2.35. The SMILES string of the molecule is Cc1cccc(-c2nn(CC(=O)Nc3cc(F)cc(C(=O)OCCN4CCN(C(=O)OC(C)(C)C)CC4)c3)cc2-c2ccnc3ccccc23)n1. The number of carbonyl (C=O) groups excluding carboxylic acids is 3. The quantitative estimate of drug-likeness (QED) is 0.186. The number of para-hydroxylation sites is 1. The highest BCUT2D eigenvalue weighted by Gasteiger charge is 2.26. The number of hydrogen-bond acceptors (Lipinski definition) is 9. The summed E-state index contributed by atoms with van der Waals surface area (Å²) in [6.07, 6.45) is 3.17. The molecule has 0 bridgehead atoms. The first-order valence-electron chi connectivity index (χ1n) is 16.8. The Labute approximate surface area is 295 Å². The molecule has 0 spiro atoms. The van der Waals surface area contributed by atoms with Gasteiger partial charge >= 0.3 is 12.1 Å². The number of hydrogen-bond donors (Lipinski definition) is 1. The highest BCUT2D eigenvalue weighted by atomic mass is 19.1. The fraction of sp³-hybridized carbons (Fsp3) is 0.316. The number of nitrogens with one attached hydrogen (secondary N) is 1. The second-order valence-corrected chi connectivity index (χ2v) is 13.4. The molecule has 0 saturated carbocycles. The molecule has 5 aromatic rings. The van der Waals surface area contributed by atoms with Crippen molar-refractivity contribution in [3.05, 3.63) is 96.2 Å². The van der Waals surface area contributed by atoms with Crippen molar-refractivity contribution in [2.75, 3.05) is 44.6 Å². The number of aryl methyl sites for hydroxylation is 1. The number of amides is 2. The van der Waals surface area contributed by atoms with Crippen LogP contribution in [0.4, 0.5) is 14.9 Å². The maximum atomic E-state index is 14.6. The second-order valence-electron chi connectivity index (χ2n) is 13.4. The van der Waals surface area contributed by atoms with Crippen LogP contribution in [0.3, 0.4) is 0 Å². The number of ether oxygens (including phenoxy) is 2. The molecule has 0 unspecified atom stereocenters. The molecule has 1 fully saturated rings. The molecule has 1 saturated heterocycles. The van der Waals surface area contributed by atoms with Gasteiger partial charge in [0.2, 0.25) is 5.91 Å². The zero-order valence-electron chi connectivity index (χ0n) is 29.1. The van der Waals surface area contributed by atoms with Gasteiger partial charge in [-0.05, 0) is 75.7 Å². The van der Waals surface area contributed by atoms with Crippen LogP contribution in [0.15, 0.2) is 79.1 Å². The monoisotopic (exact) mass is 693 g/mol. The smallest absolute Gasteiger partial charge is 0.410 e. The first kappa shape index (κ1) is 35.1. The minimum Gasteiger partial charge on any atom is -0.461 e. The number of rotatable bonds is 9. The van der Waals surface area contributed by atoms with E-state index in [2.05, 4.69) is 20.2 Å². The molecule has 2 aromatic carbocycles. The number of carbonyl (C=O) groups is 3. The average molecular weight is 694 g/mol. The molecule has 6 rings (SSSR count). The van der Waals surface area contributed by atoms with Gasteiger partial charge in [0.05, 0.1) is 16.8 Å². The van der Waals surface area contributed by atoms with Crippen LogP contribution >= 0.6 is 0 Å². The van der Waals surface area contributed by atoms with Crippen LogP contribution < -0.4 is 5.32 Å². The van der Waals surface area contributed by atoms with Gasteiger partial charge < -0.3 is 19.7 Å². The zero-order valence-corrected chi connectivity index (χ0v) is 29.1. The van der Waals surface area contributed by atoms with Gasteiger partial charge in [-0.25, -0.2) is 14.0 Å². The van der Waals surface area contributed by atoms with Crippen molar-refractivity contribution in [1.82, 2.24) is 29.5 Å². The molecule has 264 valence electrons. The van der Waals surface area contributed by atoms with Gasteiger partial charge in [0.15, 0.2) is 0 Å². The van der Waals surface area contributed by atoms with E-state index in [9.17, 15) is 18.8 Å². The number of nitrogens with zero attached hydrogens (tertiary/aromatic N) is 6. The van der Waals surface area contributed by atoms with Crippen LogP contribution in [0.5, 0.6) is 0 Å². The molecule has 0 aliphatic carbocycles. The minimum absolute atomic E-state index is 0.0289. The van der Waals surface area contributed by atoms with Gasteiger partial charge in [-0.2, -0.15) is 5.10 Å². The lowest BCUT2D eigenvalue weighted by molar-refractivity contribution is -0.116. The van der Waals surface area contributed by atoms with Gasteiger partial charge in [-0.1, -0.05) is 24.3 Å². The highest BCUT2D eigenvalue weighted by Crippen LogP contribution is 2.34. The summed E-state index contributed by atoms with van der Waals surface area (Å²) in [6.45, 7) is 9.94. The third kappa shape index (κ3) is 8.92. The Morgan fingerprint density at radius 1 is 0.941 bits per heavy atom. The number of halogens is 1. The molecule has 51 heavy (non-hydrogen) atoms. The van der Waals surface area contributed by atoms with Crippen molar-refractivity contribution >= 4 is 34.6 Å². The molecule has 1 aliphatic heterocycles. The maximum absolute atomic E-state index is 14.6. The Morgan fingerprint density at radius 2 is 1.73 bits per heavy atom. The fourth-order valence-electron chi connectivity index (χ4n) is 5.85. The van der Waals surface area contributed by atoms with Gasteiger partial charge in [0.1, 0.15) is 30.3 Å². The summed E-state index contributed by atoms with van der Waals surface area (Å²) >= 11 is 0. The summed E-state index contributed by atoms with van der Waals surface area (Å²) in [4.78, 5) is 51.3. The summed E-state index contributed by atoms with van der Waals surface area (Å²) in [5, 5.41) is 8.36. The molecule has 13 heteroatoms. The predicted molar refractivity (Wildman–Crippen MR) is 190 cm³/mol. The van der Waals surface area contributed by atoms with E-state index >= 15 is 0 Å². The van der Waals surface area contributed by atoms with E-state index in [4.69, 9.17) is 14.6 Å². The third-order valence-electron chi connectivity index (χ3n) is 8.22. The van der Waals surface area contributed by atoms with Crippen LogP contribution in [-0.2, 0) is 20.8 Å². The van der Waals surface area contributed by atoms with Gasteiger partial charge in [0, 0.05) is 67.4 Å². The molecule has 1 aliphatic rings. The van der Waals surface area contributed by atoms with Crippen molar-refractivity contribution in [2.45, 2.75) is 39.8 Å². The molecule has 4 heterocycles. The average Bonchev–Trinajstić information content (AvgIpc) is 3.50. The van der Waals surface area contributed by atoms with E-state index in [0.29, 0.717) is 44.1 Å². The summed E-state index contributed by atoms with van der Waals surface area (Å²) < 4.78 is 27.0. The van der Waals surface area contributed by atoms with Crippen LogP contribution in [0.2, 0.25) is 0 Å². The van der Waals surface area contributed by atoms with E-state index in [1.807, 2.05) is 76.2 Å². The van der Waals surface area contributed by atoms with Crippen LogP contribution in [0, 0.1) is 12.7 Å². The fourth-order valence-corrected chi connectivity index (χ4v) is 5.85. The Morgan fingerprint density at radius 3 is 2.49 bits per heavy atom. The molecule has 0 radical (unpaired) electrons. The predicted octanol–water partition coefficient (Wildman–Crippen LogP) is 5.96. The van der Waals surface area contributed by atoms with Gasteiger partial charge in [-0.3, -0.25) is 24.3 Å². The standard InChI is InChI=1S/C38H40FN7O5/c1-25-8-7-11-33(41-25)35-31(29-12-13-40-32-10-6-5-9-30(29)32)23-46(43-35)24-34(47)42-28-21-26(20-27(39)22-28)36(48)50-19-18-44-14-16-45(17-15-44)37(49)51-38(2,3)4/h5-13,20-23H,14-19,24H2,1-4H3,(H,42,47). The topological polar surface area (TPSA) is 132 Å². The number of aromatic nitrogens is 4. The number of anilines is 1. The summed E-state index contributed by atoms with van der Waals surface area (Å²) in [7, 11) is 0. The molecule has 3 aromatic heterocycles. The van der Waals surface area contributed by atoms with Crippen LogP contribution in [0.1, 0.15) is 36.8 Å². The Balaban J connectivity index is 1.09. The Bertz CT molecular complexity index is 2060. The van der Waals surface area contributed by atoms with E-state index in [1.165, 1.54) is 10.7 Å². The largest absolute Gasteiger partial charge is 0.461 e. The van der Waals surface area contributed by atoms with Gasteiger partial charge in [0.25, 0.3) is 0 Å². The molecular weight excluding hydrogens is 653 g/mol. The number of esters is 1. The highest BCUT2D eigenvalue weighted by molar-refractivity contribution is 5.98. The van der Waals surface area contributed by atoms with Crippen molar-refractivity contribution in [2.24, 2.45) is 0 Å². The second kappa shape index (κ2) is 15.1. The Kier molecular flexibility index (Phi) is 10.4. The van der Waals surface area contributed by atoms with Crippen molar-refractivity contribution in [3.63, 3.8) is 0 Å². The number of fused-ring (bicyclic) bond motifs is 1. The summed E-state index contributed by atoms with van der Waals surface area (Å²) in [5.74, 6) is -1.88. The van der Waals surface area contributed by atoms with Gasteiger partial charge in [-0.15, -0.1) is 0 Å². The van der Waals surface area contributed by atoms with E-state index in [-0.39, 0.29) is 30.5 Å². The Hall–Kier alpha value is -5.69. The number of pyridine rings is 2. The third-order valence-corrected chi connectivity index (χ3v) is 8.22. The molecule has 1 N–H and O–H groups in total. The normalized spacial score (nSPS) is 13.6. The van der Waals surface area contributed by atoms with Crippen molar-refractivity contribution in [1.29, 1.82) is 0 Å². The maximum Gasteiger partial charge on any atom is 0.410 e. The lowest BCUT2D eigenvalue weighted by atomic mass is 10.0. The molecular formula is C38H40FN7O5. The molecule has 12 nitrogen and oxygen atoms in total. The van der Waals surface area contributed by atoms with Crippen molar-refractivity contribution in [3.8, 4) is 22.5 Å². The zero-order chi connectivity index (χ0) is 36.1. The van der Waals surface area contributed by atoms with E-state index < -0.39 is 23.3 Å². The van der Waals surface area contributed by atoms with E-state index in [0.717, 1.165) is 39.9 Å². The summed E-state index contributed by atoms with van der Waals surface area (Å²) in [6, 6.07) is 18.9. The molecule has 0 atom stereocenters. The minimum atomic E-state index is -0.714. The number of piperazine rings is 1. The first-order chi connectivity index (χ1) is 24.4. The van der Waals surface area contributed by atoms with Crippen molar-refractivity contribution < 1.29 is 28.2 Å².